The molecule has 7 nitrogen and oxygen atoms in total. The molecule has 1 N–H and O–H groups in total. The molecule has 120 valence electrons. The third-order valence-electron chi connectivity index (χ3n) is 3.69. The first-order chi connectivity index (χ1) is 10.5. The number of sulfonamides is 1. The Balaban J connectivity index is 1.62. The van der Waals surface area contributed by atoms with E-state index in [1.807, 2.05) is 0 Å². The highest BCUT2D eigenvalue weighted by Gasteiger charge is 2.30. The Morgan fingerprint density at radius 1 is 1.32 bits per heavy atom. The summed E-state index contributed by atoms with van der Waals surface area (Å²) >= 11 is 0. The van der Waals surface area contributed by atoms with Gasteiger partial charge in [0.25, 0.3) is 0 Å². The zero-order valence-electron chi connectivity index (χ0n) is 12.2. The van der Waals surface area contributed by atoms with E-state index in [1.165, 1.54) is 19.1 Å². The number of carbonyl (C=O) groups excluding carboxylic acids is 1. The Bertz CT molecular complexity index is 684. The topological polar surface area (TPSA) is 84.9 Å². The van der Waals surface area contributed by atoms with Gasteiger partial charge in [-0.15, -0.1) is 0 Å². The van der Waals surface area contributed by atoms with E-state index in [0.717, 1.165) is 12.8 Å². The van der Waals surface area contributed by atoms with Crippen molar-refractivity contribution in [3.8, 4) is 11.5 Å². The van der Waals surface area contributed by atoms with Crippen LogP contribution in [0.5, 0.6) is 11.5 Å². The monoisotopic (exact) mass is 326 g/mol. The van der Waals surface area contributed by atoms with Gasteiger partial charge in [-0.25, -0.2) is 13.1 Å². The first-order valence-electron chi connectivity index (χ1n) is 7.14. The summed E-state index contributed by atoms with van der Waals surface area (Å²) in [6.07, 6.45) is 1.99. The molecular formula is C14H18N2O5S. The van der Waals surface area contributed by atoms with Crippen molar-refractivity contribution in [2.24, 2.45) is 0 Å². The average Bonchev–Trinajstić information content (AvgIpc) is 3.19. The van der Waals surface area contributed by atoms with Crippen LogP contribution in [0.4, 0.5) is 0 Å². The second kappa shape index (κ2) is 5.77. The van der Waals surface area contributed by atoms with E-state index in [-0.39, 0.29) is 30.2 Å². The Labute approximate surface area is 129 Å². The largest absolute Gasteiger partial charge is 0.454 e. The molecule has 0 spiro atoms. The molecule has 0 radical (unpaired) electrons. The highest BCUT2D eigenvalue weighted by atomic mass is 32.2. The predicted molar refractivity (Wildman–Crippen MR) is 78.2 cm³/mol. The van der Waals surface area contributed by atoms with Crippen LogP contribution in [-0.4, -0.2) is 45.1 Å². The number of amides is 1. The quantitative estimate of drug-likeness (QED) is 0.832. The molecule has 0 unspecified atom stereocenters. The van der Waals surface area contributed by atoms with Crippen LogP contribution in [0.25, 0.3) is 0 Å². The molecule has 0 atom stereocenters. The van der Waals surface area contributed by atoms with Gasteiger partial charge in [0.1, 0.15) is 0 Å². The third kappa shape index (κ3) is 3.17. The lowest BCUT2D eigenvalue weighted by Gasteiger charge is -2.20. The molecule has 2 aliphatic rings. The van der Waals surface area contributed by atoms with E-state index in [2.05, 4.69) is 4.72 Å². The first-order valence-corrected chi connectivity index (χ1v) is 8.62. The van der Waals surface area contributed by atoms with Crippen LogP contribution in [-0.2, 0) is 14.8 Å². The molecule has 1 saturated carbocycles. The summed E-state index contributed by atoms with van der Waals surface area (Å²) in [6, 6.07) is 4.75. The van der Waals surface area contributed by atoms with Gasteiger partial charge in [0.2, 0.25) is 22.7 Å². The van der Waals surface area contributed by atoms with E-state index in [4.69, 9.17) is 9.47 Å². The number of hydrogen-bond acceptors (Lipinski definition) is 5. The molecule has 0 saturated heterocycles. The van der Waals surface area contributed by atoms with Gasteiger partial charge in [0.05, 0.1) is 4.90 Å². The fraction of sp³-hybridized carbons (Fsp3) is 0.500. The first kappa shape index (κ1) is 15.1. The number of nitrogens with zero attached hydrogens (tertiary/aromatic N) is 1. The second-order valence-corrected chi connectivity index (χ2v) is 7.12. The number of rotatable bonds is 6. The number of hydrogen-bond donors (Lipinski definition) is 1. The van der Waals surface area contributed by atoms with E-state index in [9.17, 15) is 13.2 Å². The van der Waals surface area contributed by atoms with Gasteiger partial charge >= 0.3 is 0 Å². The normalized spacial score (nSPS) is 16.6. The molecule has 1 aromatic rings. The van der Waals surface area contributed by atoms with Crippen molar-refractivity contribution in [1.29, 1.82) is 0 Å². The van der Waals surface area contributed by atoms with E-state index < -0.39 is 10.0 Å². The van der Waals surface area contributed by atoms with Gasteiger partial charge in [0.15, 0.2) is 11.5 Å². The Kier molecular flexibility index (Phi) is 3.96. The third-order valence-corrected chi connectivity index (χ3v) is 5.15. The summed E-state index contributed by atoms with van der Waals surface area (Å²) < 4.78 is 37.4. The summed E-state index contributed by atoms with van der Waals surface area (Å²) in [5.74, 6) is 0.937. The molecule has 0 aromatic heterocycles. The number of ether oxygens (including phenoxy) is 2. The van der Waals surface area contributed by atoms with Crippen LogP contribution in [0.1, 0.15) is 19.8 Å². The fourth-order valence-electron chi connectivity index (χ4n) is 2.41. The van der Waals surface area contributed by atoms with Crippen LogP contribution < -0.4 is 14.2 Å². The molecule has 22 heavy (non-hydrogen) atoms. The number of fused-ring (bicyclic) bond motifs is 1. The van der Waals surface area contributed by atoms with Crippen LogP contribution in [0.2, 0.25) is 0 Å². The van der Waals surface area contributed by atoms with Crippen molar-refractivity contribution in [2.45, 2.75) is 30.7 Å². The van der Waals surface area contributed by atoms with Crippen molar-refractivity contribution >= 4 is 15.9 Å². The minimum atomic E-state index is -3.63. The van der Waals surface area contributed by atoms with Gasteiger partial charge < -0.3 is 14.4 Å². The van der Waals surface area contributed by atoms with Crippen molar-refractivity contribution in [1.82, 2.24) is 9.62 Å². The lowest BCUT2D eigenvalue weighted by molar-refractivity contribution is -0.129. The molecule has 1 amide bonds. The summed E-state index contributed by atoms with van der Waals surface area (Å²) in [7, 11) is -3.63. The highest BCUT2D eigenvalue weighted by Crippen LogP contribution is 2.33. The van der Waals surface area contributed by atoms with Gasteiger partial charge in [-0.1, -0.05) is 0 Å². The summed E-state index contributed by atoms with van der Waals surface area (Å²) in [5, 5.41) is 0. The van der Waals surface area contributed by atoms with Gasteiger partial charge in [-0.3, -0.25) is 4.79 Å². The Morgan fingerprint density at radius 2 is 2.05 bits per heavy atom. The smallest absolute Gasteiger partial charge is 0.240 e. The fourth-order valence-corrected chi connectivity index (χ4v) is 3.45. The predicted octanol–water partition coefficient (Wildman–Crippen LogP) is 0.705. The van der Waals surface area contributed by atoms with Crippen LogP contribution in [0.3, 0.4) is 0 Å². The summed E-state index contributed by atoms with van der Waals surface area (Å²) in [5.41, 5.74) is 0. The van der Waals surface area contributed by atoms with Gasteiger partial charge in [-0.05, 0) is 25.0 Å². The maximum absolute atomic E-state index is 12.3. The molecule has 1 fully saturated rings. The van der Waals surface area contributed by atoms with Crippen molar-refractivity contribution in [2.75, 3.05) is 19.9 Å². The molecule has 1 aliphatic heterocycles. The maximum atomic E-state index is 12.3. The molecule has 1 aliphatic carbocycles. The molecular weight excluding hydrogens is 308 g/mol. The Morgan fingerprint density at radius 3 is 2.73 bits per heavy atom. The SMILES string of the molecule is CC(=O)N(CCNS(=O)(=O)c1ccc2c(c1)OCO2)C1CC1. The summed E-state index contributed by atoms with van der Waals surface area (Å²) in [4.78, 5) is 13.3. The second-order valence-electron chi connectivity index (χ2n) is 5.36. The number of nitrogens with one attached hydrogen (secondary N) is 1. The zero-order chi connectivity index (χ0) is 15.7. The molecule has 1 aromatic carbocycles. The maximum Gasteiger partial charge on any atom is 0.240 e. The van der Waals surface area contributed by atoms with Gasteiger partial charge in [-0.2, -0.15) is 0 Å². The van der Waals surface area contributed by atoms with Crippen molar-refractivity contribution < 1.29 is 22.7 Å². The van der Waals surface area contributed by atoms with Crippen LogP contribution in [0.15, 0.2) is 23.1 Å². The van der Waals surface area contributed by atoms with Crippen molar-refractivity contribution in [3.63, 3.8) is 0 Å². The van der Waals surface area contributed by atoms with Crippen LogP contribution >= 0.6 is 0 Å². The van der Waals surface area contributed by atoms with Gasteiger partial charge in [0, 0.05) is 32.1 Å². The summed E-state index contributed by atoms with van der Waals surface area (Å²) in [6.45, 7) is 2.17. The average molecular weight is 326 g/mol. The minimum absolute atomic E-state index is 0.0234. The van der Waals surface area contributed by atoms with Crippen molar-refractivity contribution in [3.05, 3.63) is 18.2 Å². The molecule has 3 rings (SSSR count). The van der Waals surface area contributed by atoms with Crippen LogP contribution in [0, 0.1) is 0 Å². The minimum Gasteiger partial charge on any atom is -0.454 e. The molecule has 1 heterocycles. The number of carbonyl (C=O) groups is 1. The van der Waals surface area contributed by atoms with E-state index >= 15 is 0 Å². The molecule has 8 heteroatoms. The number of benzene rings is 1. The zero-order valence-corrected chi connectivity index (χ0v) is 13.1. The van der Waals surface area contributed by atoms with E-state index in [1.54, 1.807) is 11.0 Å². The Hall–Kier alpha value is -1.80. The molecule has 0 bridgehead atoms. The lowest BCUT2D eigenvalue weighted by Crippen LogP contribution is -2.38. The van der Waals surface area contributed by atoms with E-state index in [0.29, 0.717) is 18.0 Å². The lowest BCUT2D eigenvalue weighted by atomic mass is 10.3. The standard InChI is InChI=1S/C14H18N2O5S/c1-10(17)16(11-2-3-11)7-6-15-22(18,19)12-4-5-13-14(8-12)21-9-20-13/h4-5,8,11,15H,2-3,6-7,9H2,1H3. The highest BCUT2D eigenvalue weighted by molar-refractivity contribution is 7.89.